The molecule has 5 nitrogen and oxygen atoms in total. The molecule has 1 fully saturated rings. The smallest absolute Gasteiger partial charge is 0.230 e. The highest BCUT2D eigenvalue weighted by Gasteiger charge is 2.29. The van der Waals surface area contributed by atoms with Crippen LogP contribution in [0.4, 0.5) is 11.9 Å². The zero-order valence-corrected chi connectivity index (χ0v) is 12.5. The number of hydrogen-bond acceptors (Lipinski definition) is 6. The summed E-state index contributed by atoms with van der Waals surface area (Å²) in [5.74, 6) is 2.35. The van der Waals surface area contributed by atoms with E-state index in [1.807, 2.05) is 30.8 Å². The third-order valence-corrected chi connectivity index (χ3v) is 4.62. The molecule has 18 heavy (non-hydrogen) atoms. The molecule has 2 heterocycles. The molecule has 100 valence electrons. The standard InChI is InChI=1S/C11H18ClN5S/c1-11(5-4-6-18-11)7-13-9-14-8(12)15-10(16-9)17(2)3/h4-7H2,1-3H3,(H,13,14,15,16). The Balaban J connectivity index is 2.04. The number of nitrogens with one attached hydrogen (secondary N) is 1. The van der Waals surface area contributed by atoms with Crippen LogP contribution in [0.25, 0.3) is 0 Å². The van der Waals surface area contributed by atoms with Crippen molar-refractivity contribution in [2.24, 2.45) is 0 Å². The van der Waals surface area contributed by atoms with Crippen LogP contribution in [0.3, 0.4) is 0 Å². The van der Waals surface area contributed by atoms with Crippen molar-refractivity contribution in [2.45, 2.75) is 24.5 Å². The van der Waals surface area contributed by atoms with Gasteiger partial charge in [-0.1, -0.05) is 0 Å². The lowest BCUT2D eigenvalue weighted by Gasteiger charge is -2.23. The first-order valence-electron chi connectivity index (χ1n) is 5.95. The summed E-state index contributed by atoms with van der Waals surface area (Å²) in [7, 11) is 3.76. The first-order valence-corrected chi connectivity index (χ1v) is 7.32. The van der Waals surface area contributed by atoms with Gasteiger partial charge in [0.1, 0.15) is 0 Å². The van der Waals surface area contributed by atoms with E-state index in [9.17, 15) is 0 Å². The molecule has 1 saturated heterocycles. The largest absolute Gasteiger partial charge is 0.353 e. The molecule has 0 aromatic carbocycles. The minimum Gasteiger partial charge on any atom is -0.353 e. The van der Waals surface area contributed by atoms with Crippen LogP contribution in [0.5, 0.6) is 0 Å². The van der Waals surface area contributed by atoms with Gasteiger partial charge in [-0.2, -0.15) is 26.7 Å². The first-order chi connectivity index (χ1) is 8.48. The van der Waals surface area contributed by atoms with Crippen molar-refractivity contribution in [2.75, 3.05) is 36.6 Å². The summed E-state index contributed by atoms with van der Waals surface area (Å²) in [6.07, 6.45) is 2.51. The topological polar surface area (TPSA) is 53.9 Å². The Hall–Kier alpha value is -0.750. The van der Waals surface area contributed by atoms with Gasteiger partial charge in [0, 0.05) is 25.4 Å². The zero-order chi connectivity index (χ0) is 13.2. The van der Waals surface area contributed by atoms with Gasteiger partial charge in [0.15, 0.2) is 0 Å². The molecule has 0 amide bonds. The fraction of sp³-hybridized carbons (Fsp3) is 0.727. The number of hydrogen-bond donors (Lipinski definition) is 1. The first kappa shape index (κ1) is 13.7. The number of thioether (sulfide) groups is 1. The summed E-state index contributed by atoms with van der Waals surface area (Å²) in [5.41, 5.74) is 0. The SMILES string of the molecule is CN(C)c1nc(Cl)nc(NCC2(C)CCCS2)n1. The molecule has 1 aliphatic rings. The summed E-state index contributed by atoms with van der Waals surface area (Å²) >= 11 is 7.89. The minimum absolute atomic E-state index is 0.223. The number of anilines is 2. The Morgan fingerprint density at radius 1 is 1.39 bits per heavy atom. The normalized spacial score (nSPS) is 23.1. The van der Waals surface area contributed by atoms with E-state index in [4.69, 9.17) is 11.6 Å². The number of halogens is 1. The van der Waals surface area contributed by atoms with Crippen molar-refractivity contribution in [3.63, 3.8) is 0 Å². The van der Waals surface area contributed by atoms with E-state index in [1.165, 1.54) is 18.6 Å². The van der Waals surface area contributed by atoms with Crippen molar-refractivity contribution < 1.29 is 0 Å². The van der Waals surface area contributed by atoms with E-state index in [1.54, 1.807) is 0 Å². The van der Waals surface area contributed by atoms with Crippen molar-refractivity contribution in [1.29, 1.82) is 0 Å². The second kappa shape index (κ2) is 5.48. The number of aromatic nitrogens is 3. The predicted molar refractivity (Wildman–Crippen MR) is 77.8 cm³/mol. The molecule has 7 heteroatoms. The summed E-state index contributed by atoms with van der Waals surface area (Å²) < 4.78 is 0.275. The molecule has 0 bridgehead atoms. The zero-order valence-electron chi connectivity index (χ0n) is 10.9. The van der Waals surface area contributed by atoms with Gasteiger partial charge in [0.2, 0.25) is 17.2 Å². The Morgan fingerprint density at radius 3 is 2.78 bits per heavy atom. The maximum atomic E-state index is 5.89. The van der Waals surface area contributed by atoms with Crippen LogP contribution < -0.4 is 10.2 Å². The van der Waals surface area contributed by atoms with Crippen molar-refractivity contribution in [3.05, 3.63) is 5.28 Å². The van der Waals surface area contributed by atoms with Gasteiger partial charge in [0.25, 0.3) is 0 Å². The molecule has 0 aliphatic carbocycles. The molecule has 1 aromatic heterocycles. The molecular formula is C11H18ClN5S. The lowest BCUT2D eigenvalue weighted by atomic mass is 10.1. The predicted octanol–water partition coefficient (Wildman–Crippen LogP) is 2.29. The molecule has 0 radical (unpaired) electrons. The molecule has 1 aliphatic heterocycles. The van der Waals surface area contributed by atoms with Gasteiger partial charge in [-0.25, -0.2) is 0 Å². The van der Waals surface area contributed by atoms with Gasteiger partial charge >= 0.3 is 0 Å². The highest BCUT2D eigenvalue weighted by atomic mass is 35.5. The third kappa shape index (κ3) is 3.38. The van der Waals surface area contributed by atoms with E-state index in [0.29, 0.717) is 11.9 Å². The van der Waals surface area contributed by atoms with Gasteiger partial charge in [-0.3, -0.25) is 0 Å². The average Bonchev–Trinajstić information content (AvgIpc) is 2.73. The van der Waals surface area contributed by atoms with Gasteiger partial charge in [-0.05, 0) is 37.1 Å². The van der Waals surface area contributed by atoms with E-state index in [-0.39, 0.29) is 10.0 Å². The molecule has 2 rings (SSSR count). The second-order valence-corrected chi connectivity index (χ2v) is 6.90. The van der Waals surface area contributed by atoms with E-state index >= 15 is 0 Å². The van der Waals surface area contributed by atoms with Crippen molar-refractivity contribution >= 4 is 35.3 Å². The Kier molecular flexibility index (Phi) is 4.17. The van der Waals surface area contributed by atoms with Crippen LogP contribution >= 0.6 is 23.4 Å². The molecule has 1 unspecified atom stereocenters. The molecule has 0 spiro atoms. The van der Waals surface area contributed by atoms with Crippen LogP contribution in [0.2, 0.25) is 5.28 Å². The van der Waals surface area contributed by atoms with Crippen molar-refractivity contribution in [3.8, 4) is 0 Å². The Bertz CT molecular complexity index is 420. The monoisotopic (exact) mass is 287 g/mol. The maximum absolute atomic E-state index is 5.89. The minimum atomic E-state index is 0.223. The molecule has 1 N–H and O–H groups in total. The molecular weight excluding hydrogens is 270 g/mol. The molecule has 0 saturated carbocycles. The summed E-state index contributed by atoms with van der Waals surface area (Å²) in [5, 5.41) is 3.49. The van der Waals surface area contributed by atoms with Crippen molar-refractivity contribution in [1.82, 2.24) is 15.0 Å². The van der Waals surface area contributed by atoms with Gasteiger partial charge in [-0.15, -0.1) is 0 Å². The average molecular weight is 288 g/mol. The van der Waals surface area contributed by atoms with Crippen LogP contribution in [0, 0.1) is 0 Å². The quantitative estimate of drug-likeness (QED) is 0.917. The maximum Gasteiger partial charge on any atom is 0.230 e. The molecule has 1 atom stereocenters. The summed E-state index contributed by atoms with van der Waals surface area (Å²) in [4.78, 5) is 14.3. The van der Waals surface area contributed by atoms with Crippen LogP contribution in [-0.2, 0) is 0 Å². The highest BCUT2D eigenvalue weighted by molar-refractivity contribution is 8.00. The number of nitrogens with zero attached hydrogens (tertiary/aromatic N) is 4. The highest BCUT2D eigenvalue weighted by Crippen LogP contribution is 2.37. The fourth-order valence-corrected chi connectivity index (χ4v) is 3.26. The lowest BCUT2D eigenvalue weighted by Crippen LogP contribution is -2.28. The van der Waals surface area contributed by atoms with Gasteiger partial charge < -0.3 is 10.2 Å². The lowest BCUT2D eigenvalue weighted by molar-refractivity contribution is 0.632. The van der Waals surface area contributed by atoms with E-state index in [0.717, 1.165) is 6.54 Å². The van der Waals surface area contributed by atoms with Crippen LogP contribution in [-0.4, -0.2) is 46.1 Å². The van der Waals surface area contributed by atoms with E-state index in [2.05, 4.69) is 27.2 Å². The summed E-state index contributed by atoms with van der Waals surface area (Å²) in [6, 6.07) is 0. The third-order valence-electron chi connectivity index (χ3n) is 2.92. The van der Waals surface area contributed by atoms with Gasteiger partial charge in [0.05, 0.1) is 0 Å². The summed E-state index contributed by atoms with van der Waals surface area (Å²) in [6.45, 7) is 3.12. The van der Waals surface area contributed by atoms with E-state index < -0.39 is 0 Å². The Labute approximate surface area is 117 Å². The number of rotatable bonds is 4. The second-order valence-electron chi connectivity index (χ2n) is 4.88. The molecule has 1 aromatic rings. The van der Waals surface area contributed by atoms with Crippen LogP contribution in [0.15, 0.2) is 0 Å². The Morgan fingerprint density at radius 2 is 2.17 bits per heavy atom. The fourth-order valence-electron chi connectivity index (χ4n) is 1.86. The van der Waals surface area contributed by atoms with Crippen LogP contribution in [0.1, 0.15) is 19.8 Å².